The summed E-state index contributed by atoms with van der Waals surface area (Å²) < 4.78 is 4.46. The number of ether oxygens (including phenoxy) is 1. The summed E-state index contributed by atoms with van der Waals surface area (Å²) >= 11 is 0. The number of aliphatic hydroxyl groups is 1. The van der Waals surface area contributed by atoms with Gasteiger partial charge in [-0.3, -0.25) is 0 Å². The van der Waals surface area contributed by atoms with E-state index in [1.807, 2.05) is 6.92 Å². The topological polar surface area (TPSA) is 72.6 Å². The third-order valence-electron chi connectivity index (χ3n) is 1.30. The van der Waals surface area contributed by atoms with E-state index >= 15 is 0 Å². The second-order valence-electron chi connectivity index (χ2n) is 2.09. The maximum absolute atomic E-state index is 10.1. The van der Waals surface area contributed by atoms with Crippen LogP contribution in [-0.4, -0.2) is 24.4 Å². The van der Waals surface area contributed by atoms with E-state index in [2.05, 4.69) is 4.74 Å². The zero-order valence-corrected chi connectivity index (χ0v) is 6.04. The van der Waals surface area contributed by atoms with Crippen molar-refractivity contribution in [2.45, 2.75) is 13.3 Å². The lowest BCUT2D eigenvalue weighted by Gasteiger charge is -2.09. The zero-order chi connectivity index (χ0) is 7.98. The number of primary amides is 1. The Morgan fingerprint density at radius 2 is 2.40 bits per heavy atom. The Morgan fingerprint density at radius 1 is 1.80 bits per heavy atom. The Balaban J connectivity index is 3.34. The van der Waals surface area contributed by atoms with Crippen molar-refractivity contribution in [3.63, 3.8) is 0 Å². The lowest BCUT2D eigenvalue weighted by Crippen LogP contribution is -2.20. The Bertz CT molecular complexity index is 101. The monoisotopic (exact) mass is 147 g/mol. The zero-order valence-electron chi connectivity index (χ0n) is 6.04. The molecule has 3 N–H and O–H groups in total. The molecule has 0 aliphatic heterocycles. The molecule has 4 heteroatoms. The van der Waals surface area contributed by atoms with Gasteiger partial charge in [0.25, 0.3) is 0 Å². The van der Waals surface area contributed by atoms with Crippen LogP contribution in [0, 0.1) is 5.92 Å². The van der Waals surface area contributed by atoms with Crippen molar-refractivity contribution < 1.29 is 14.6 Å². The molecule has 0 bridgehead atoms. The van der Waals surface area contributed by atoms with E-state index < -0.39 is 6.09 Å². The highest BCUT2D eigenvalue weighted by molar-refractivity contribution is 5.64. The predicted octanol–water partition coefficient (Wildman–Crippen LogP) is 0.100. The van der Waals surface area contributed by atoms with Crippen molar-refractivity contribution in [1.82, 2.24) is 0 Å². The first-order valence-corrected chi connectivity index (χ1v) is 3.23. The van der Waals surface area contributed by atoms with Gasteiger partial charge in [0.05, 0.1) is 6.61 Å². The van der Waals surface area contributed by atoms with Crippen LogP contribution in [-0.2, 0) is 4.74 Å². The second-order valence-corrected chi connectivity index (χ2v) is 2.09. The fourth-order valence-corrected chi connectivity index (χ4v) is 0.500. The third kappa shape index (κ3) is 4.14. The third-order valence-corrected chi connectivity index (χ3v) is 1.30. The van der Waals surface area contributed by atoms with Crippen LogP contribution in [0.1, 0.15) is 13.3 Å². The molecule has 1 amide bonds. The Labute approximate surface area is 60.0 Å². The molecule has 0 saturated heterocycles. The number of carbonyl (C=O) groups is 1. The van der Waals surface area contributed by atoms with Crippen molar-refractivity contribution >= 4 is 6.09 Å². The van der Waals surface area contributed by atoms with E-state index in [1.54, 1.807) is 0 Å². The number of hydrogen-bond donors (Lipinski definition) is 2. The molecule has 0 aromatic heterocycles. The Kier molecular flexibility index (Phi) is 4.66. The maximum Gasteiger partial charge on any atom is 0.404 e. The van der Waals surface area contributed by atoms with E-state index in [0.29, 0.717) is 0 Å². The van der Waals surface area contributed by atoms with Gasteiger partial charge in [-0.05, 0) is 6.42 Å². The van der Waals surface area contributed by atoms with E-state index in [9.17, 15) is 4.79 Å². The standard InChI is InChI=1S/C6H13NO3/c1-2-5(3-8)4-10-6(7)9/h5,8H,2-4H2,1H3,(H2,7,9)/t5-/m1/s1. The first kappa shape index (κ1) is 9.23. The van der Waals surface area contributed by atoms with Crippen LogP contribution in [0.3, 0.4) is 0 Å². The molecule has 10 heavy (non-hydrogen) atoms. The average Bonchev–Trinajstić information content (AvgIpc) is 1.90. The SMILES string of the molecule is CC[C@H](CO)COC(N)=O. The van der Waals surface area contributed by atoms with Gasteiger partial charge in [0, 0.05) is 12.5 Å². The number of nitrogens with two attached hydrogens (primary N) is 1. The van der Waals surface area contributed by atoms with Gasteiger partial charge in [0.2, 0.25) is 0 Å². The molecular weight excluding hydrogens is 134 g/mol. The van der Waals surface area contributed by atoms with Crippen molar-refractivity contribution in [2.75, 3.05) is 13.2 Å². The van der Waals surface area contributed by atoms with E-state index in [4.69, 9.17) is 10.8 Å². The highest BCUT2D eigenvalue weighted by Gasteiger charge is 2.05. The van der Waals surface area contributed by atoms with Gasteiger partial charge in [-0.15, -0.1) is 0 Å². The fraction of sp³-hybridized carbons (Fsp3) is 0.833. The Morgan fingerprint density at radius 3 is 2.70 bits per heavy atom. The van der Waals surface area contributed by atoms with Crippen molar-refractivity contribution in [1.29, 1.82) is 0 Å². The molecule has 0 spiro atoms. The van der Waals surface area contributed by atoms with Crippen molar-refractivity contribution in [3.05, 3.63) is 0 Å². The first-order chi connectivity index (χ1) is 4.70. The number of hydrogen-bond acceptors (Lipinski definition) is 3. The lowest BCUT2D eigenvalue weighted by atomic mass is 10.1. The molecule has 0 rings (SSSR count). The summed E-state index contributed by atoms with van der Waals surface area (Å²) in [6.07, 6.45) is -0.00375. The normalized spacial score (nSPS) is 12.6. The van der Waals surface area contributed by atoms with Crippen LogP contribution in [0.5, 0.6) is 0 Å². The van der Waals surface area contributed by atoms with Gasteiger partial charge in [0.1, 0.15) is 0 Å². The minimum atomic E-state index is -0.785. The van der Waals surface area contributed by atoms with Gasteiger partial charge in [-0.25, -0.2) is 4.79 Å². The summed E-state index contributed by atoms with van der Waals surface area (Å²) in [5.74, 6) is 0.0208. The van der Waals surface area contributed by atoms with E-state index in [0.717, 1.165) is 6.42 Å². The second kappa shape index (κ2) is 5.05. The average molecular weight is 147 g/mol. The molecular formula is C6H13NO3. The van der Waals surface area contributed by atoms with Gasteiger partial charge < -0.3 is 15.6 Å². The minimum absolute atomic E-state index is 0.0208. The van der Waals surface area contributed by atoms with Crippen LogP contribution in [0.2, 0.25) is 0 Å². The minimum Gasteiger partial charge on any atom is -0.449 e. The van der Waals surface area contributed by atoms with Crippen LogP contribution < -0.4 is 5.73 Å². The summed E-state index contributed by atoms with van der Waals surface area (Å²) in [7, 11) is 0. The molecule has 0 radical (unpaired) electrons. The number of aliphatic hydroxyl groups excluding tert-OH is 1. The summed E-state index contributed by atoms with van der Waals surface area (Å²) in [5, 5.41) is 8.61. The molecule has 0 aliphatic carbocycles. The van der Waals surface area contributed by atoms with Crippen LogP contribution in [0.4, 0.5) is 4.79 Å². The molecule has 0 unspecified atom stereocenters. The summed E-state index contributed by atoms with van der Waals surface area (Å²) in [4.78, 5) is 10.1. The largest absolute Gasteiger partial charge is 0.449 e. The lowest BCUT2D eigenvalue weighted by molar-refractivity contribution is 0.109. The summed E-state index contributed by atoms with van der Waals surface area (Å²) in [5.41, 5.74) is 4.71. The molecule has 0 aromatic carbocycles. The number of rotatable bonds is 4. The van der Waals surface area contributed by atoms with Crippen molar-refractivity contribution in [2.24, 2.45) is 11.7 Å². The van der Waals surface area contributed by atoms with E-state index in [-0.39, 0.29) is 19.1 Å². The summed E-state index contributed by atoms with van der Waals surface area (Å²) in [6.45, 7) is 2.15. The van der Waals surface area contributed by atoms with Gasteiger partial charge in [-0.1, -0.05) is 6.92 Å². The maximum atomic E-state index is 10.1. The summed E-state index contributed by atoms with van der Waals surface area (Å²) in [6, 6.07) is 0. The smallest absolute Gasteiger partial charge is 0.404 e. The first-order valence-electron chi connectivity index (χ1n) is 3.23. The molecule has 0 heterocycles. The quantitative estimate of drug-likeness (QED) is 0.592. The molecule has 0 aromatic rings. The number of amides is 1. The van der Waals surface area contributed by atoms with E-state index in [1.165, 1.54) is 0 Å². The predicted molar refractivity (Wildman–Crippen MR) is 36.4 cm³/mol. The van der Waals surface area contributed by atoms with Crippen molar-refractivity contribution in [3.8, 4) is 0 Å². The molecule has 1 atom stereocenters. The molecule has 4 nitrogen and oxygen atoms in total. The van der Waals surface area contributed by atoms with Crippen LogP contribution >= 0.6 is 0 Å². The Hall–Kier alpha value is -0.770. The highest BCUT2D eigenvalue weighted by Crippen LogP contribution is 2.00. The van der Waals surface area contributed by atoms with Gasteiger partial charge >= 0.3 is 6.09 Å². The van der Waals surface area contributed by atoms with Gasteiger partial charge in [-0.2, -0.15) is 0 Å². The highest BCUT2D eigenvalue weighted by atomic mass is 16.5. The molecule has 0 saturated carbocycles. The van der Waals surface area contributed by atoms with Crippen LogP contribution in [0.25, 0.3) is 0 Å². The molecule has 0 fully saturated rings. The van der Waals surface area contributed by atoms with Gasteiger partial charge in [0.15, 0.2) is 0 Å². The number of carbonyl (C=O) groups excluding carboxylic acids is 1. The fourth-order valence-electron chi connectivity index (χ4n) is 0.500. The molecule has 60 valence electrons. The molecule has 0 aliphatic rings. The van der Waals surface area contributed by atoms with Crippen LogP contribution in [0.15, 0.2) is 0 Å².